The zero-order valence-corrected chi connectivity index (χ0v) is 12.0. The normalized spacial score (nSPS) is 10.6. The molecule has 0 fully saturated rings. The van der Waals surface area contributed by atoms with E-state index in [1.807, 2.05) is 17.5 Å². The number of aromatic amines is 1. The summed E-state index contributed by atoms with van der Waals surface area (Å²) in [4.78, 5) is 26.8. The molecule has 2 rings (SSSR count). The van der Waals surface area contributed by atoms with Crippen LogP contribution in [-0.2, 0) is 4.79 Å². The molecule has 0 radical (unpaired) electrons. The number of rotatable bonds is 3. The van der Waals surface area contributed by atoms with Gasteiger partial charge < -0.3 is 4.98 Å². The molecule has 19 heavy (non-hydrogen) atoms. The van der Waals surface area contributed by atoms with Crippen LogP contribution < -0.4 is 10.9 Å². The van der Waals surface area contributed by atoms with Gasteiger partial charge in [-0.25, -0.2) is 0 Å². The predicted molar refractivity (Wildman–Crippen MR) is 77.5 cm³/mol. The Morgan fingerprint density at radius 1 is 1.37 bits per heavy atom. The summed E-state index contributed by atoms with van der Waals surface area (Å²) in [7, 11) is 0. The SMILES string of the molecule is O=C(/C=C/c1cccs1)NNC(=O)c1cc(Br)c[nH]1. The molecule has 0 unspecified atom stereocenters. The Labute approximate surface area is 121 Å². The van der Waals surface area contributed by atoms with Crippen LogP contribution in [0.15, 0.2) is 40.3 Å². The lowest BCUT2D eigenvalue weighted by molar-refractivity contribution is -0.117. The molecule has 0 saturated carbocycles. The second-order valence-electron chi connectivity index (χ2n) is 3.52. The van der Waals surface area contributed by atoms with Crippen LogP contribution in [0, 0.1) is 0 Å². The maximum absolute atomic E-state index is 11.6. The van der Waals surface area contributed by atoms with Crippen LogP contribution in [0.5, 0.6) is 0 Å². The summed E-state index contributed by atoms with van der Waals surface area (Å²) in [6, 6.07) is 5.40. The largest absolute Gasteiger partial charge is 0.356 e. The summed E-state index contributed by atoms with van der Waals surface area (Å²) >= 11 is 4.74. The highest BCUT2D eigenvalue weighted by atomic mass is 79.9. The van der Waals surface area contributed by atoms with E-state index in [2.05, 4.69) is 31.8 Å². The van der Waals surface area contributed by atoms with Gasteiger partial charge in [0.2, 0.25) is 0 Å². The predicted octanol–water partition coefficient (Wildman–Crippen LogP) is 2.31. The highest BCUT2D eigenvalue weighted by Crippen LogP contribution is 2.10. The first-order valence-corrected chi connectivity index (χ1v) is 6.98. The molecule has 2 aromatic rings. The summed E-state index contributed by atoms with van der Waals surface area (Å²) in [6.45, 7) is 0. The molecule has 98 valence electrons. The first-order chi connectivity index (χ1) is 9.15. The fraction of sp³-hybridized carbons (Fsp3) is 0. The molecule has 0 aliphatic rings. The molecule has 0 aliphatic carbocycles. The number of halogens is 1. The second kappa shape index (κ2) is 6.35. The third-order valence-electron chi connectivity index (χ3n) is 2.13. The minimum absolute atomic E-state index is 0.356. The third kappa shape index (κ3) is 4.08. The van der Waals surface area contributed by atoms with Crippen LogP contribution >= 0.6 is 27.3 Å². The summed E-state index contributed by atoms with van der Waals surface area (Å²) < 4.78 is 0.765. The molecule has 2 aromatic heterocycles. The van der Waals surface area contributed by atoms with Crippen molar-refractivity contribution < 1.29 is 9.59 Å². The Morgan fingerprint density at radius 2 is 2.21 bits per heavy atom. The summed E-state index contributed by atoms with van der Waals surface area (Å²) in [5.74, 6) is -0.809. The van der Waals surface area contributed by atoms with Gasteiger partial charge in [-0.15, -0.1) is 11.3 Å². The number of hydrazine groups is 1. The lowest BCUT2D eigenvalue weighted by Gasteiger charge is -2.02. The van der Waals surface area contributed by atoms with E-state index < -0.39 is 11.8 Å². The Hall–Kier alpha value is -1.86. The van der Waals surface area contributed by atoms with Gasteiger partial charge >= 0.3 is 0 Å². The van der Waals surface area contributed by atoms with Crippen molar-refractivity contribution in [3.63, 3.8) is 0 Å². The van der Waals surface area contributed by atoms with Crippen LogP contribution in [0.3, 0.4) is 0 Å². The number of carbonyl (C=O) groups excluding carboxylic acids is 2. The molecule has 0 bridgehead atoms. The zero-order chi connectivity index (χ0) is 13.7. The van der Waals surface area contributed by atoms with Gasteiger partial charge in [-0.2, -0.15) is 0 Å². The van der Waals surface area contributed by atoms with E-state index in [1.165, 1.54) is 17.4 Å². The molecular weight excluding hydrogens is 330 g/mol. The molecular formula is C12H10BrN3O2S. The highest BCUT2D eigenvalue weighted by Gasteiger charge is 2.07. The summed E-state index contributed by atoms with van der Waals surface area (Å²) in [5, 5.41) is 1.92. The Morgan fingerprint density at radius 3 is 2.84 bits per heavy atom. The lowest BCUT2D eigenvalue weighted by Crippen LogP contribution is -2.40. The van der Waals surface area contributed by atoms with Gasteiger partial charge in [0.15, 0.2) is 0 Å². The molecule has 0 aliphatic heterocycles. The Bertz CT molecular complexity index is 604. The molecule has 0 aromatic carbocycles. The van der Waals surface area contributed by atoms with E-state index >= 15 is 0 Å². The van der Waals surface area contributed by atoms with Gasteiger partial charge in [0, 0.05) is 21.6 Å². The van der Waals surface area contributed by atoms with Crippen molar-refractivity contribution in [2.75, 3.05) is 0 Å². The van der Waals surface area contributed by atoms with Gasteiger partial charge in [0.1, 0.15) is 5.69 Å². The van der Waals surface area contributed by atoms with E-state index in [-0.39, 0.29) is 0 Å². The van der Waals surface area contributed by atoms with Crippen LogP contribution in [0.4, 0.5) is 0 Å². The Balaban J connectivity index is 1.82. The van der Waals surface area contributed by atoms with E-state index in [0.717, 1.165) is 9.35 Å². The molecule has 3 N–H and O–H groups in total. The third-order valence-corrected chi connectivity index (χ3v) is 3.43. The van der Waals surface area contributed by atoms with Gasteiger partial charge in [-0.3, -0.25) is 20.4 Å². The van der Waals surface area contributed by atoms with Crippen molar-refractivity contribution >= 4 is 45.2 Å². The molecule has 0 saturated heterocycles. The number of hydrogen-bond acceptors (Lipinski definition) is 3. The molecule has 2 amide bonds. The van der Waals surface area contributed by atoms with Crippen LogP contribution in [0.1, 0.15) is 15.4 Å². The van der Waals surface area contributed by atoms with Crippen molar-refractivity contribution in [1.82, 2.24) is 15.8 Å². The molecule has 0 spiro atoms. The summed E-state index contributed by atoms with van der Waals surface area (Å²) in [5.41, 5.74) is 4.96. The maximum atomic E-state index is 11.6. The van der Waals surface area contributed by atoms with E-state index in [9.17, 15) is 9.59 Å². The van der Waals surface area contributed by atoms with Crippen molar-refractivity contribution in [3.05, 3.63) is 50.9 Å². The van der Waals surface area contributed by atoms with E-state index in [0.29, 0.717) is 5.69 Å². The molecule has 0 atom stereocenters. The van der Waals surface area contributed by atoms with Crippen molar-refractivity contribution in [2.45, 2.75) is 0 Å². The first-order valence-electron chi connectivity index (χ1n) is 5.31. The number of hydrogen-bond donors (Lipinski definition) is 3. The van der Waals surface area contributed by atoms with Crippen LogP contribution in [0.25, 0.3) is 6.08 Å². The number of H-pyrrole nitrogens is 1. The molecule has 5 nitrogen and oxygen atoms in total. The smallest absolute Gasteiger partial charge is 0.286 e. The van der Waals surface area contributed by atoms with Crippen molar-refractivity contribution in [1.29, 1.82) is 0 Å². The maximum Gasteiger partial charge on any atom is 0.286 e. The van der Waals surface area contributed by atoms with Crippen LogP contribution in [0.2, 0.25) is 0 Å². The number of aromatic nitrogens is 1. The minimum Gasteiger partial charge on any atom is -0.356 e. The van der Waals surface area contributed by atoms with E-state index in [4.69, 9.17) is 0 Å². The number of carbonyl (C=O) groups is 2. The van der Waals surface area contributed by atoms with E-state index in [1.54, 1.807) is 18.3 Å². The monoisotopic (exact) mass is 339 g/mol. The van der Waals surface area contributed by atoms with Gasteiger partial charge in [0.05, 0.1) is 0 Å². The highest BCUT2D eigenvalue weighted by molar-refractivity contribution is 9.10. The van der Waals surface area contributed by atoms with Crippen LogP contribution in [-0.4, -0.2) is 16.8 Å². The zero-order valence-electron chi connectivity index (χ0n) is 9.64. The van der Waals surface area contributed by atoms with Crippen molar-refractivity contribution in [3.8, 4) is 0 Å². The average Bonchev–Trinajstić information content (AvgIpc) is 3.04. The average molecular weight is 340 g/mol. The minimum atomic E-state index is -0.413. The first kappa shape index (κ1) is 13.6. The molecule has 7 heteroatoms. The second-order valence-corrected chi connectivity index (χ2v) is 5.42. The number of nitrogens with one attached hydrogen (secondary N) is 3. The number of thiophene rings is 1. The fourth-order valence-corrected chi connectivity index (χ4v) is 2.23. The topological polar surface area (TPSA) is 74.0 Å². The molecule has 2 heterocycles. The Kier molecular flexibility index (Phi) is 4.53. The van der Waals surface area contributed by atoms with Crippen molar-refractivity contribution in [2.24, 2.45) is 0 Å². The van der Waals surface area contributed by atoms with Gasteiger partial charge in [-0.05, 0) is 39.5 Å². The van der Waals surface area contributed by atoms with Gasteiger partial charge in [-0.1, -0.05) is 6.07 Å². The lowest BCUT2D eigenvalue weighted by atomic mass is 10.4. The quantitative estimate of drug-likeness (QED) is 0.593. The van der Waals surface area contributed by atoms with Gasteiger partial charge in [0.25, 0.3) is 11.8 Å². The summed E-state index contributed by atoms with van der Waals surface area (Å²) in [6.07, 6.45) is 4.67. The number of amides is 2. The fourth-order valence-electron chi connectivity index (χ4n) is 1.27. The standard InChI is InChI=1S/C12H10BrN3O2S/c13-8-6-10(14-7-8)12(18)16-15-11(17)4-3-9-2-1-5-19-9/h1-7,14H,(H,15,17)(H,16,18)/b4-3+.